The summed E-state index contributed by atoms with van der Waals surface area (Å²) >= 11 is 0. The minimum Gasteiger partial charge on any atom is -0.496 e. The van der Waals surface area contributed by atoms with E-state index in [0.717, 1.165) is 11.1 Å². The molecule has 0 N–H and O–H groups in total. The van der Waals surface area contributed by atoms with Gasteiger partial charge in [-0.25, -0.2) is 0 Å². The van der Waals surface area contributed by atoms with Gasteiger partial charge in [-0.2, -0.15) is 0 Å². The van der Waals surface area contributed by atoms with E-state index in [2.05, 4.69) is 0 Å². The summed E-state index contributed by atoms with van der Waals surface area (Å²) in [5.41, 5.74) is 2.61. The highest BCUT2D eigenvalue weighted by molar-refractivity contribution is 5.93. The summed E-state index contributed by atoms with van der Waals surface area (Å²) in [6.45, 7) is 0. The maximum absolute atomic E-state index is 13.1. The molecule has 1 aliphatic heterocycles. The van der Waals surface area contributed by atoms with Gasteiger partial charge in [0.15, 0.2) is 5.43 Å². The second-order valence-corrected chi connectivity index (χ2v) is 7.18. The average Bonchev–Trinajstić information content (AvgIpc) is 2.78. The quantitative estimate of drug-likeness (QED) is 0.362. The van der Waals surface area contributed by atoms with E-state index >= 15 is 0 Å². The lowest BCUT2D eigenvalue weighted by molar-refractivity contribution is -0.135. The van der Waals surface area contributed by atoms with Gasteiger partial charge in [-0.05, 0) is 5.56 Å². The number of hydrogen-bond donors (Lipinski definition) is 0. The maximum Gasteiger partial charge on any atom is 0.312 e. The van der Waals surface area contributed by atoms with Crippen LogP contribution in [0.2, 0.25) is 0 Å². The molecule has 0 saturated heterocycles. The molecule has 0 spiro atoms. The molecule has 5 rings (SSSR count). The maximum atomic E-state index is 13.1. The number of methoxy groups -OCH3 is 1. The lowest BCUT2D eigenvalue weighted by Gasteiger charge is -2.26. The Bertz CT molecular complexity index is 1310. The molecule has 0 unspecified atom stereocenters. The van der Waals surface area contributed by atoms with E-state index in [1.54, 1.807) is 6.07 Å². The summed E-state index contributed by atoms with van der Waals surface area (Å²) < 4.78 is 17.3. The fourth-order valence-corrected chi connectivity index (χ4v) is 4.02. The van der Waals surface area contributed by atoms with Gasteiger partial charge in [0.25, 0.3) is 0 Å². The van der Waals surface area contributed by atoms with Crippen LogP contribution in [-0.2, 0) is 4.79 Å². The molecule has 5 nitrogen and oxygen atoms in total. The van der Waals surface area contributed by atoms with E-state index in [9.17, 15) is 9.59 Å². The molecule has 1 aromatic heterocycles. The minimum atomic E-state index is -0.334. The van der Waals surface area contributed by atoms with Gasteiger partial charge in [-0.1, -0.05) is 60.7 Å². The van der Waals surface area contributed by atoms with Gasteiger partial charge in [0.2, 0.25) is 0 Å². The summed E-state index contributed by atoms with van der Waals surface area (Å²) in [4.78, 5) is 25.4. The van der Waals surface area contributed by atoms with Crippen LogP contribution in [0.3, 0.4) is 0 Å². The molecule has 2 heterocycles. The van der Waals surface area contributed by atoms with Crippen LogP contribution in [-0.4, -0.2) is 13.1 Å². The summed E-state index contributed by atoms with van der Waals surface area (Å²) in [6.07, 6.45) is 0.164. The lowest BCUT2D eigenvalue weighted by Crippen LogP contribution is -2.22. The van der Waals surface area contributed by atoms with Gasteiger partial charge in [0.05, 0.1) is 13.5 Å². The van der Waals surface area contributed by atoms with Crippen molar-refractivity contribution in [1.82, 2.24) is 0 Å². The van der Waals surface area contributed by atoms with Gasteiger partial charge in [-0.15, -0.1) is 0 Å². The van der Waals surface area contributed by atoms with Gasteiger partial charge in [0.1, 0.15) is 28.2 Å². The van der Waals surface area contributed by atoms with Crippen LogP contribution in [0.1, 0.15) is 23.5 Å². The SMILES string of the molecule is COc1cc2c(c3oc(-c4ccccc4)cc(=O)c13)[C@H](c1ccccc1)CC(=O)O2. The smallest absolute Gasteiger partial charge is 0.312 e. The highest BCUT2D eigenvalue weighted by atomic mass is 16.5. The first kappa shape index (κ1) is 18.2. The Morgan fingerprint density at radius 2 is 1.63 bits per heavy atom. The summed E-state index contributed by atoms with van der Waals surface area (Å²) in [5, 5.41) is 0.342. The third kappa shape index (κ3) is 2.95. The fourth-order valence-electron chi connectivity index (χ4n) is 4.02. The third-order valence-corrected chi connectivity index (χ3v) is 5.39. The molecule has 0 fully saturated rings. The van der Waals surface area contributed by atoms with Crippen molar-refractivity contribution in [2.24, 2.45) is 0 Å². The van der Waals surface area contributed by atoms with Crippen LogP contribution in [0.5, 0.6) is 11.5 Å². The van der Waals surface area contributed by atoms with Crippen molar-refractivity contribution in [3.63, 3.8) is 0 Å². The standard InChI is InChI=1S/C25H18O5/c1-28-20-14-21-23(17(12-22(27)29-21)15-8-4-2-5-9-15)25-24(20)18(26)13-19(30-25)16-10-6-3-7-11-16/h2-11,13-14,17H,12H2,1H3/t17-/m0/s1. The summed E-state index contributed by atoms with van der Waals surface area (Å²) in [7, 11) is 1.48. The van der Waals surface area contributed by atoms with E-state index in [0.29, 0.717) is 33.8 Å². The summed E-state index contributed by atoms with van der Waals surface area (Å²) in [6, 6.07) is 22.2. The van der Waals surface area contributed by atoms with Crippen LogP contribution in [0, 0.1) is 0 Å². The van der Waals surface area contributed by atoms with Crippen molar-refractivity contribution in [2.75, 3.05) is 7.11 Å². The van der Waals surface area contributed by atoms with Crippen molar-refractivity contribution < 1.29 is 18.7 Å². The predicted octanol–water partition coefficient (Wildman–Crippen LogP) is 4.91. The number of fused-ring (bicyclic) bond motifs is 3. The van der Waals surface area contributed by atoms with Crippen LogP contribution in [0.15, 0.2) is 82.0 Å². The van der Waals surface area contributed by atoms with Crippen molar-refractivity contribution >= 4 is 16.9 Å². The number of carbonyl (C=O) groups excluding carboxylic acids is 1. The van der Waals surface area contributed by atoms with Crippen molar-refractivity contribution in [3.05, 3.63) is 94.1 Å². The van der Waals surface area contributed by atoms with Crippen LogP contribution >= 0.6 is 0 Å². The second-order valence-electron chi connectivity index (χ2n) is 7.18. The molecular formula is C25H18O5. The molecule has 4 aromatic rings. The largest absolute Gasteiger partial charge is 0.496 e. The predicted molar refractivity (Wildman–Crippen MR) is 113 cm³/mol. The zero-order valence-electron chi connectivity index (χ0n) is 16.3. The van der Waals surface area contributed by atoms with Gasteiger partial charge < -0.3 is 13.9 Å². The molecular weight excluding hydrogens is 380 g/mol. The van der Waals surface area contributed by atoms with Crippen LogP contribution in [0.25, 0.3) is 22.3 Å². The highest BCUT2D eigenvalue weighted by Gasteiger charge is 2.33. The van der Waals surface area contributed by atoms with Crippen molar-refractivity contribution in [1.29, 1.82) is 0 Å². The number of carbonyl (C=O) groups is 1. The molecule has 30 heavy (non-hydrogen) atoms. The van der Waals surface area contributed by atoms with E-state index in [-0.39, 0.29) is 23.7 Å². The molecule has 148 valence electrons. The zero-order chi connectivity index (χ0) is 20.7. The van der Waals surface area contributed by atoms with Gasteiger partial charge in [0, 0.05) is 29.2 Å². The van der Waals surface area contributed by atoms with E-state index < -0.39 is 0 Å². The van der Waals surface area contributed by atoms with Crippen LogP contribution in [0.4, 0.5) is 0 Å². The van der Waals surface area contributed by atoms with E-state index in [1.165, 1.54) is 13.2 Å². The second kappa shape index (κ2) is 7.19. The number of benzene rings is 3. The molecule has 0 saturated carbocycles. The molecule has 1 atom stereocenters. The lowest BCUT2D eigenvalue weighted by atomic mass is 9.85. The first-order chi connectivity index (χ1) is 14.7. The number of hydrogen-bond acceptors (Lipinski definition) is 5. The molecule has 0 bridgehead atoms. The monoisotopic (exact) mass is 398 g/mol. The van der Waals surface area contributed by atoms with Crippen molar-refractivity contribution in [3.8, 4) is 22.8 Å². The molecule has 3 aromatic carbocycles. The molecule has 1 aliphatic rings. The first-order valence-corrected chi connectivity index (χ1v) is 9.65. The Hall–Kier alpha value is -3.86. The molecule has 5 heteroatoms. The van der Waals surface area contributed by atoms with Crippen LogP contribution < -0.4 is 14.9 Å². The molecule has 0 aliphatic carbocycles. The Labute approximate surface area is 172 Å². The third-order valence-electron chi connectivity index (χ3n) is 5.39. The first-order valence-electron chi connectivity index (χ1n) is 9.65. The average molecular weight is 398 g/mol. The van der Waals surface area contributed by atoms with E-state index in [4.69, 9.17) is 13.9 Å². The number of esters is 1. The number of ether oxygens (including phenoxy) is 2. The van der Waals surface area contributed by atoms with Gasteiger partial charge in [-0.3, -0.25) is 9.59 Å². The Kier molecular flexibility index (Phi) is 4.36. The summed E-state index contributed by atoms with van der Waals surface area (Å²) in [5.74, 6) is 0.507. The normalized spacial score (nSPS) is 15.5. The highest BCUT2D eigenvalue weighted by Crippen LogP contribution is 2.46. The molecule has 0 radical (unpaired) electrons. The minimum absolute atomic E-state index is 0.164. The fraction of sp³-hybridized carbons (Fsp3) is 0.120. The number of rotatable bonds is 3. The zero-order valence-corrected chi connectivity index (χ0v) is 16.3. The topological polar surface area (TPSA) is 65.7 Å². The van der Waals surface area contributed by atoms with Crippen molar-refractivity contribution in [2.45, 2.75) is 12.3 Å². The Balaban J connectivity index is 1.86. The van der Waals surface area contributed by atoms with Gasteiger partial charge >= 0.3 is 5.97 Å². The van der Waals surface area contributed by atoms with E-state index in [1.807, 2.05) is 60.7 Å². The molecule has 0 amide bonds. The Morgan fingerprint density at radius 3 is 2.33 bits per heavy atom. The Morgan fingerprint density at radius 1 is 0.933 bits per heavy atom.